The van der Waals surface area contributed by atoms with Crippen LogP contribution in [0.2, 0.25) is 0 Å². The molecule has 0 spiro atoms. The molecule has 0 bridgehead atoms. The SMILES string of the molecule is Brc1ccc(CNc2cc(-c3ccccc3)nc(NC3CCCC3)n2)cc1. The van der Waals surface area contributed by atoms with Gasteiger partial charge in [0.25, 0.3) is 0 Å². The molecule has 0 saturated heterocycles. The molecule has 27 heavy (non-hydrogen) atoms. The van der Waals surface area contributed by atoms with Gasteiger partial charge in [0, 0.05) is 28.7 Å². The molecule has 0 aliphatic heterocycles. The predicted molar refractivity (Wildman–Crippen MR) is 115 cm³/mol. The van der Waals surface area contributed by atoms with Gasteiger partial charge < -0.3 is 10.6 Å². The first-order valence-corrected chi connectivity index (χ1v) is 10.2. The molecule has 1 heterocycles. The normalized spacial score (nSPS) is 14.3. The van der Waals surface area contributed by atoms with E-state index in [1.165, 1.54) is 31.2 Å². The first-order valence-electron chi connectivity index (χ1n) is 9.46. The molecule has 1 fully saturated rings. The second-order valence-electron chi connectivity index (χ2n) is 6.93. The summed E-state index contributed by atoms with van der Waals surface area (Å²) < 4.78 is 1.09. The van der Waals surface area contributed by atoms with Gasteiger partial charge >= 0.3 is 0 Å². The van der Waals surface area contributed by atoms with E-state index >= 15 is 0 Å². The van der Waals surface area contributed by atoms with E-state index in [0.29, 0.717) is 12.0 Å². The van der Waals surface area contributed by atoms with Crippen molar-refractivity contribution in [3.8, 4) is 11.3 Å². The first-order chi connectivity index (χ1) is 13.3. The number of halogens is 1. The molecule has 4 nitrogen and oxygen atoms in total. The summed E-state index contributed by atoms with van der Waals surface area (Å²) in [6, 6.07) is 21.1. The van der Waals surface area contributed by atoms with Crippen molar-refractivity contribution < 1.29 is 0 Å². The highest BCUT2D eigenvalue weighted by Crippen LogP contribution is 2.25. The van der Waals surface area contributed by atoms with Crippen molar-refractivity contribution in [3.05, 3.63) is 70.7 Å². The van der Waals surface area contributed by atoms with Gasteiger partial charge in [-0.1, -0.05) is 71.2 Å². The number of nitrogens with one attached hydrogen (secondary N) is 2. The van der Waals surface area contributed by atoms with Crippen LogP contribution >= 0.6 is 15.9 Å². The van der Waals surface area contributed by atoms with E-state index in [1.807, 2.05) is 24.3 Å². The van der Waals surface area contributed by atoms with Crippen LogP contribution < -0.4 is 10.6 Å². The molecule has 5 heteroatoms. The summed E-state index contributed by atoms with van der Waals surface area (Å²) in [5.41, 5.74) is 3.24. The fourth-order valence-electron chi connectivity index (χ4n) is 3.41. The van der Waals surface area contributed by atoms with Crippen LogP contribution in [0.25, 0.3) is 11.3 Å². The van der Waals surface area contributed by atoms with Crippen LogP contribution in [0, 0.1) is 0 Å². The standard InChI is InChI=1S/C22H23BrN4/c23-18-12-10-16(11-13-18)15-24-21-14-20(17-6-2-1-3-7-17)26-22(27-21)25-19-8-4-5-9-19/h1-3,6-7,10-14,19H,4-5,8-9,15H2,(H2,24,25,26,27). The molecule has 2 aromatic carbocycles. The van der Waals surface area contributed by atoms with Gasteiger partial charge in [-0.15, -0.1) is 0 Å². The maximum absolute atomic E-state index is 4.77. The molecule has 3 aromatic rings. The number of hydrogen-bond donors (Lipinski definition) is 2. The van der Waals surface area contributed by atoms with E-state index in [0.717, 1.165) is 28.1 Å². The fraction of sp³-hybridized carbons (Fsp3) is 0.273. The summed E-state index contributed by atoms with van der Waals surface area (Å²) >= 11 is 3.48. The number of nitrogens with zero attached hydrogens (tertiary/aromatic N) is 2. The molecular weight excluding hydrogens is 400 g/mol. The predicted octanol–water partition coefficient (Wildman–Crippen LogP) is 5.87. The maximum Gasteiger partial charge on any atom is 0.225 e. The minimum absolute atomic E-state index is 0.482. The van der Waals surface area contributed by atoms with Crippen molar-refractivity contribution in [2.24, 2.45) is 0 Å². The zero-order valence-corrected chi connectivity index (χ0v) is 16.7. The van der Waals surface area contributed by atoms with E-state index < -0.39 is 0 Å². The highest BCUT2D eigenvalue weighted by molar-refractivity contribution is 9.10. The Morgan fingerprint density at radius 3 is 2.41 bits per heavy atom. The summed E-state index contributed by atoms with van der Waals surface area (Å²) in [6.45, 7) is 0.724. The summed E-state index contributed by atoms with van der Waals surface area (Å²) in [5.74, 6) is 1.55. The minimum atomic E-state index is 0.482. The van der Waals surface area contributed by atoms with E-state index in [9.17, 15) is 0 Å². The Balaban J connectivity index is 1.57. The molecule has 0 radical (unpaired) electrons. The number of rotatable bonds is 6. The zero-order valence-electron chi connectivity index (χ0n) is 15.2. The van der Waals surface area contributed by atoms with Gasteiger partial charge in [-0.05, 0) is 30.5 Å². The second kappa shape index (κ2) is 8.53. The average molecular weight is 423 g/mol. The van der Waals surface area contributed by atoms with Crippen molar-refractivity contribution in [2.75, 3.05) is 10.6 Å². The molecular formula is C22H23BrN4. The van der Waals surface area contributed by atoms with Crippen molar-refractivity contribution in [3.63, 3.8) is 0 Å². The van der Waals surface area contributed by atoms with E-state index in [1.54, 1.807) is 0 Å². The van der Waals surface area contributed by atoms with Crippen LogP contribution in [0.1, 0.15) is 31.2 Å². The maximum atomic E-state index is 4.77. The van der Waals surface area contributed by atoms with Crippen molar-refractivity contribution in [1.29, 1.82) is 0 Å². The molecule has 4 rings (SSSR count). The number of hydrogen-bond acceptors (Lipinski definition) is 4. The second-order valence-corrected chi connectivity index (χ2v) is 7.85. The monoisotopic (exact) mass is 422 g/mol. The fourth-order valence-corrected chi connectivity index (χ4v) is 3.67. The number of benzene rings is 2. The lowest BCUT2D eigenvalue weighted by molar-refractivity contribution is 0.744. The van der Waals surface area contributed by atoms with E-state index in [-0.39, 0.29) is 0 Å². The van der Waals surface area contributed by atoms with Crippen LogP contribution in [-0.2, 0) is 6.54 Å². The van der Waals surface area contributed by atoms with Gasteiger partial charge in [0.1, 0.15) is 5.82 Å². The third-order valence-corrected chi connectivity index (χ3v) is 5.40. The summed E-state index contributed by atoms with van der Waals surface area (Å²) in [7, 11) is 0. The number of aromatic nitrogens is 2. The quantitative estimate of drug-likeness (QED) is 0.521. The molecule has 0 atom stereocenters. The minimum Gasteiger partial charge on any atom is -0.366 e. The summed E-state index contributed by atoms with van der Waals surface area (Å²) in [4.78, 5) is 9.48. The van der Waals surface area contributed by atoms with Gasteiger partial charge in [-0.2, -0.15) is 4.98 Å². The van der Waals surface area contributed by atoms with Crippen LogP contribution in [0.3, 0.4) is 0 Å². The molecule has 1 aromatic heterocycles. The van der Waals surface area contributed by atoms with Gasteiger partial charge in [0.2, 0.25) is 5.95 Å². The Hall–Kier alpha value is -2.40. The average Bonchev–Trinajstić information content (AvgIpc) is 3.21. The molecule has 0 amide bonds. The molecule has 1 saturated carbocycles. The smallest absolute Gasteiger partial charge is 0.225 e. The Kier molecular flexibility index (Phi) is 5.68. The van der Waals surface area contributed by atoms with Crippen molar-refractivity contribution in [2.45, 2.75) is 38.3 Å². The van der Waals surface area contributed by atoms with Gasteiger partial charge in [-0.25, -0.2) is 4.98 Å². The van der Waals surface area contributed by atoms with Gasteiger partial charge in [-0.3, -0.25) is 0 Å². The largest absolute Gasteiger partial charge is 0.366 e. The van der Waals surface area contributed by atoms with Gasteiger partial charge in [0.15, 0.2) is 0 Å². The Bertz CT molecular complexity index is 875. The van der Waals surface area contributed by atoms with Crippen LogP contribution in [-0.4, -0.2) is 16.0 Å². The third kappa shape index (κ3) is 4.86. The third-order valence-electron chi connectivity index (χ3n) is 4.87. The van der Waals surface area contributed by atoms with Gasteiger partial charge in [0.05, 0.1) is 5.69 Å². The van der Waals surface area contributed by atoms with Crippen molar-refractivity contribution in [1.82, 2.24) is 9.97 Å². The lowest BCUT2D eigenvalue weighted by Gasteiger charge is -2.15. The lowest BCUT2D eigenvalue weighted by Crippen LogP contribution is -2.17. The Labute approximate surface area is 168 Å². The van der Waals surface area contributed by atoms with Crippen molar-refractivity contribution >= 4 is 27.7 Å². The molecule has 0 unspecified atom stereocenters. The zero-order chi connectivity index (χ0) is 18.5. The van der Waals surface area contributed by atoms with E-state index in [4.69, 9.17) is 9.97 Å². The summed E-state index contributed by atoms with van der Waals surface area (Å²) in [6.07, 6.45) is 4.95. The Morgan fingerprint density at radius 2 is 1.67 bits per heavy atom. The highest BCUT2D eigenvalue weighted by atomic mass is 79.9. The van der Waals surface area contributed by atoms with E-state index in [2.05, 4.69) is 63.0 Å². The summed E-state index contributed by atoms with van der Waals surface area (Å²) in [5, 5.41) is 6.98. The molecule has 1 aliphatic rings. The van der Waals surface area contributed by atoms with Crippen LogP contribution in [0.4, 0.5) is 11.8 Å². The van der Waals surface area contributed by atoms with Crippen LogP contribution in [0.5, 0.6) is 0 Å². The molecule has 1 aliphatic carbocycles. The lowest BCUT2D eigenvalue weighted by atomic mass is 10.1. The molecule has 2 N–H and O–H groups in total. The number of anilines is 2. The van der Waals surface area contributed by atoms with Crippen LogP contribution in [0.15, 0.2) is 65.1 Å². The highest BCUT2D eigenvalue weighted by Gasteiger charge is 2.16. The molecule has 138 valence electrons. The Morgan fingerprint density at radius 1 is 0.926 bits per heavy atom. The topological polar surface area (TPSA) is 49.8 Å². The first kappa shape index (κ1) is 18.0.